The first-order valence-corrected chi connectivity index (χ1v) is 11.2. The van der Waals surface area contributed by atoms with Crippen molar-refractivity contribution < 1.29 is 19.1 Å². The van der Waals surface area contributed by atoms with Crippen molar-refractivity contribution >= 4 is 50.6 Å². The Morgan fingerprint density at radius 1 is 1.00 bits per heavy atom. The molecule has 1 heterocycles. The fraction of sp³-hybridized carbons (Fsp3) is 0.120. The summed E-state index contributed by atoms with van der Waals surface area (Å²) in [4.78, 5) is 24.8. The van der Waals surface area contributed by atoms with Crippen LogP contribution in [0.2, 0.25) is 5.02 Å². The highest BCUT2D eigenvalue weighted by molar-refractivity contribution is 7.20. The number of carbonyl (C=O) groups is 2. The van der Waals surface area contributed by atoms with Crippen molar-refractivity contribution in [3.05, 3.63) is 88.3 Å². The Kier molecular flexibility index (Phi) is 6.73. The molecule has 5 nitrogen and oxygen atoms in total. The molecule has 1 amide bonds. The summed E-state index contributed by atoms with van der Waals surface area (Å²) in [6, 6.07) is 22.0. The minimum Gasteiger partial charge on any atom is -0.466 e. The maximum absolute atomic E-state index is 12.6. The molecule has 0 aliphatic carbocycles. The standard InChI is InChI=1S/C25H20ClNO4S/c1-2-30-24(28)14-16-7-12-21(20(26)13-16)31-19-10-8-18(9-11-19)27-25(29)23-15-17-5-3-4-6-22(17)32-23/h3-13,15H,2,14H2,1H3,(H,27,29). The van der Waals surface area contributed by atoms with Gasteiger partial charge in [-0.2, -0.15) is 0 Å². The number of carbonyl (C=O) groups excluding carboxylic acids is 2. The molecule has 1 N–H and O–H groups in total. The van der Waals surface area contributed by atoms with Gasteiger partial charge >= 0.3 is 5.97 Å². The van der Waals surface area contributed by atoms with Crippen molar-refractivity contribution in [2.24, 2.45) is 0 Å². The normalized spacial score (nSPS) is 10.7. The van der Waals surface area contributed by atoms with Crippen molar-refractivity contribution in [3.8, 4) is 11.5 Å². The van der Waals surface area contributed by atoms with Crippen LogP contribution in [0.1, 0.15) is 22.2 Å². The molecule has 4 rings (SSSR count). The zero-order chi connectivity index (χ0) is 22.5. The van der Waals surface area contributed by atoms with E-state index in [-0.39, 0.29) is 18.3 Å². The largest absolute Gasteiger partial charge is 0.466 e. The molecule has 4 aromatic rings. The van der Waals surface area contributed by atoms with E-state index in [4.69, 9.17) is 21.1 Å². The van der Waals surface area contributed by atoms with Gasteiger partial charge in [0.1, 0.15) is 11.5 Å². The third kappa shape index (κ3) is 5.28. The molecule has 162 valence electrons. The smallest absolute Gasteiger partial charge is 0.310 e. The van der Waals surface area contributed by atoms with E-state index in [0.717, 1.165) is 15.6 Å². The second-order valence-corrected chi connectivity index (χ2v) is 8.47. The van der Waals surface area contributed by atoms with Crippen LogP contribution in [0.5, 0.6) is 11.5 Å². The molecule has 3 aromatic carbocycles. The van der Waals surface area contributed by atoms with E-state index in [9.17, 15) is 9.59 Å². The lowest BCUT2D eigenvalue weighted by Crippen LogP contribution is -2.09. The summed E-state index contributed by atoms with van der Waals surface area (Å²) in [6.07, 6.45) is 0.155. The van der Waals surface area contributed by atoms with Crippen LogP contribution in [0.3, 0.4) is 0 Å². The second kappa shape index (κ2) is 9.85. The van der Waals surface area contributed by atoms with E-state index in [1.165, 1.54) is 11.3 Å². The van der Waals surface area contributed by atoms with Crippen LogP contribution >= 0.6 is 22.9 Å². The molecule has 32 heavy (non-hydrogen) atoms. The Balaban J connectivity index is 1.39. The van der Waals surface area contributed by atoms with Gasteiger partial charge in [0.25, 0.3) is 5.91 Å². The van der Waals surface area contributed by atoms with Crippen LogP contribution < -0.4 is 10.1 Å². The van der Waals surface area contributed by atoms with Crippen LogP contribution in [-0.4, -0.2) is 18.5 Å². The molecule has 0 aliphatic heterocycles. The van der Waals surface area contributed by atoms with Crippen molar-refractivity contribution in [2.45, 2.75) is 13.3 Å². The minimum absolute atomic E-state index is 0.153. The van der Waals surface area contributed by atoms with Gasteiger partial charge in [0, 0.05) is 10.4 Å². The zero-order valence-corrected chi connectivity index (χ0v) is 18.8. The average molecular weight is 466 g/mol. The number of thiophene rings is 1. The number of ether oxygens (including phenoxy) is 2. The number of esters is 1. The van der Waals surface area contributed by atoms with Crippen LogP contribution in [0.15, 0.2) is 72.8 Å². The van der Waals surface area contributed by atoms with E-state index < -0.39 is 0 Å². The van der Waals surface area contributed by atoms with Gasteiger partial charge in [0.2, 0.25) is 0 Å². The molecule has 0 aliphatic rings. The van der Waals surface area contributed by atoms with E-state index in [0.29, 0.717) is 33.7 Å². The Morgan fingerprint density at radius 3 is 2.50 bits per heavy atom. The molecule has 0 fully saturated rings. The number of halogens is 1. The van der Waals surface area contributed by atoms with Crippen molar-refractivity contribution in [2.75, 3.05) is 11.9 Å². The summed E-state index contributed by atoms with van der Waals surface area (Å²) < 4.78 is 11.9. The van der Waals surface area contributed by atoms with E-state index >= 15 is 0 Å². The molecule has 0 saturated heterocycles. The zero-order valence-electron chi connectivity index (χ0n) is 17.3. The number of nitrogens with one attached hydrogen (secondary N) is 1. The van der Waals surface area contributed by atoms with Gasteiger partial charge < -0.3 is 14.8 Å². The van der Waals surface area contributed by atoms with Crippen LogP contribution in [0.25, 0.3) is 10.1 Å². The summed E-state index contributed by atoms with van der Waals surface area (Å²) in [5.74, 6) is 0.594. The lowest BCUT2D eigenvalue weighted by atomic mass is 10.1. The minimum atomic E-state index is -0.300. The highest BCUT2D eigenvalue weighted by Gasteiger charge is 2.11. The second-order valence-electron chi connectivity index (χ2n) is 6.98. The number of rotatable bonds is 7. The monoisotopic (exact) mass is 465 g/mol. The molecule has 0 bridgehead atoms. The predicted molar refractivity (Wildman–Crippen MR) is 128 cm³/mol. The van der Waals surface area contributed by atoms with Gasteiger partial charge in [0.05, 0.1) is 22.9 Å². The van der Waals surface area contributed by atoms with Crippen LogP contribution in [0, 0.1) is 0 Å². The first-order chi connectivity index (χ1) is 15.5. The third-order valence-electron chi connectivity index (χ3n) is 4.64. The van der Waals surface area contributed by atoms with Crippen molar-refractivity contribution in [1.82, 2.24) is 0 Å². The van der Waals surface area contributed by atoms with Gasteiger partial charge in [0.15, 0.2) is 0 Å². The quantitative estimate of drug-likeness (QED) is 0.308. The lowest BCUT2D eigenvalue weighted by Gasteiger charge is -2.10. The first kappa shape index (κ1) is 21.9. The molecular weight excluding hydrogens is 446 g/mol. The fourth-order valence-electron chi connectivity index (χ4n) is 3.14. The molecule has 0 unspecified atom stereocenters. The summed E-state index contributed by atoms with van der Waals surface area (Å²) in [5, 5.41) is 4.35. The van der Waals surface area contributed by atoms with Gasteiger partial charge in [-0.05, 0) is 66.4 Å². The summed E-state index contributed by atoms with van der Waals surface area (Å²) in [7, 11) is 0. The predicted octanol–water partition coefficient (Wildman–Crippen LogP) is 6.70. The van der Waals surface area contributed by atoms with Crippen LogP contribution in [-0.2, 0) is 16.0 Å². The maximum Gasteiger partial charge on any atom is 0.310 e. The topological polar surface area (TPSA) is 64.6 Å². The Bertz CT molecular complexity index is 1230. The van der Waals surface area contributed by atoms with Crippen molar-refractivity contribution in [1.29, 1.82) is 0 Å². The Morgan fingerprint density at radius 2 is 1.78 bits per heavy atom. The maximum atomic E-state index is 12.6. The molecule has 0 spiro atoms. The molecule has 0 radical (unpaired) electrons. The highest BCUT2D eigenvalue weighted by atomic mass is 35.5. The Hall–Kier alpha value is -3.35. The first-order valence-electron chi connectivity index (χ1n) is 10.0. The number of amides is 1. The van der Waals surface area contributed by atoms with Gasteiger partial charge in [-0.15, -0.1) is 11.3 Å². The molecular formula is C25H20ClNO4S. The molecule has 7 heteroatoms. The number of benzene rings is 3. The third-order valence-corrected chi connectivity index (χ3v) is 6.05. The lowest BCUT2D eigenvalue weighted by molar-refractivity contribution is -0.142. The number of hydrogen-bond donors (Lipinski definition) is 1. The fourth-order valence-corrected chi connectivity index (χ4v) is 4.34. The summed E-state index contributed by atoms with van der Waals surface area (Å²) in [6.45, 7) is 2.11. The molecule has 0 atom stereocenters. The van der Waals surface area contributed by atoms with E-state index in [1.807, 2.05) is 30.3 Å². The van der Waals surface area contributed by atoms with Gasteiger partial charge in [-0.3, -0.25) is 9.59 Å². The number of hydrogen-bond acceptors (Lipinski definition) is 5. The van der Waals surface area contributed by atoms with E-state index in [2.05, 4.69) is 5.32 Å². The molecule has 1 aromatic heterocycles. The summed E-state index contributed by atoms with van der Waals surface area (Å²) in [5.41, 5.74) is 1.41. The SMILES string of the molecule is CCOC(=O)Cc1ccc(Oc2ccc(NC(=O)c3cc4ccccc4s3)cc2)c(Cl)c1. The van der Waals surface area contributed by atoms with Crippen LogP contribution in [0.4, 0.5) is 5.69 Å². The molecule has 0 saturated carbocycles. The number of anilines is 1. The summed E-state index contributed by atoms with van der Waals surface area (Å²) >= 11 is 7.77. The van der Waals surface area contributed by atoms with Crippen molar-refractivity contribution in [3.63, 3.8) is 0 Å². The number of fused-ring (bicyclic) bond motifs is 1. The van der Waals surface area contributed by atoms with Gasteiger partial charge in [-0.25, -0.2) is 0 Å². The highest BCUT2D eigenvalue weighted by Crippen LogP contribution is 2.31. The average Bonchev–Trinajstić information content (AvgIpc) is 3.22. The Labute approximate surface area is 194 Å². The van der Waals surface area contributed by atoms with Gasteiger partial charge in [-0.1, -0.05) is 35.9 Å². The van der Waals surface area contributed by atoms with E-state index in [1.54, 1.807) is 49.4 Å².